The van der Waals surface area contributed by atoms with Crippen LogP contribution in [0.4, 0.5) is 32.0 Å². The maximum atomic E-state index is 13.0. The third-order valence-corrected chi connectivity index (χ3v) is 6.84. The molecule has 4 nitrogen and oxygen atoms in total. The van der Waals surface area contributed by atoms with E-state index in [2.05, 4.69) is 0 Å². The van der Waals surface area contributed by atoms with Crippen molar-refractivity contribution >= 4 is 15.5 Å². The molecular weight excluding hydrogens is 436 g/mol. The van der Waals surface area contributed by atoms with Gasteiger partial charge in [-0.05, 0) is 35.4 Å². The first-order chi connectivity index (χ1) is 13.7. The van der Waals surface area contributed by atoms with E-state index in [0.717, 1.165) is 17.7 Å². The summed E-state index contributed by atoms with van der Waals surface area (Å²) in [5.41, 5.74) is -4.47. The average molecular weight is 453 g/mol. The molecule has 3 rings (SSSR count). The van der Waals surface area contributed by atoms with Gasteiger partial charge >= 0.3 is 12.4 Å². The number of alkyl halides is 6. The highest BCUT2D eigenvalue weighted by molar-refractivity contribution is 7.91. The second-order valence-electron chi connectivity index (χ2n) is 6.94. The zero-order valence-electron chi connectivity index (χ0n) is 15.5. The summed E-state index contributed by atoms with van der Waals surface area (Å²) in [6.07, 6.45) is -11.9. The van der Waals surface area contributed by atoms with Crippen LogP contribution in [-0.2, 0) is 28.5 Å². The predicted molar refractivity (Wildman–Crippen MR) is 96.5 cm³/mol. The summed E-state index contributed by atoms with van der Waals surface area (Å²) >= 11 is 0. The number of rotatable bonds is 4. The summed E-state index contributed by atoms with van der Waals surface area (Å²) in [6, 6.07) is 7.93. The fourth-order valence-electron chi connectivity index (χ4n) is 3.32. The van der Waals surface area contributed by atoms with Gasteiger partial charge in [-0.15, -0.1) is 0 Å². The van der Waals surface area contributed by atoms with Crippen molar-refractivity contribution in [3.05, 3.63) is 59.2 Å². The molecule has 0 aliphatic carbocycles. The topological polar surface area (TPSA) is 57.6 Å². The van der Waals surface area contributed by atoms with Crippen LogP contribution in [0.2, 0.25) is 0 Å². The summed E-state index contributed by atoms with van der Waals surface area (Å²) in [6.45, 7) is 2.06. The molecule has 2 aromatic carbocycles. The molecular formula is C19H17F6NO3S. The van der Waals surface area contributed by atoms with Gasteiger partial charge in [0.2, 0.25) is 0 Å². The lowest BCUT2D eigenvalue weighted by molar-refractivity contribution is -0.376. The summed E-state index contributed by atoms with van der Waals surface area (Å²) in [4.78, 5) is 1.83. The van der Waals surface area contributed by atoms with Crippen LogP contribution in [0, 0.1) is 0 Å². The van der Waals surface area contributed by atoms with E-state index in [0.29, 0.717) is 29.9 Å². The monoisotopic (exact) mass is 453 g/mol. The lowest BCUT2D eigenvalue weighted by Gasteiger charge is -2.33. The highest BCUT2D eigenvalue weighted by Crippen LogP contribution is 2.50. The van der Waals surface area contributed by atoms with Crippen molar-refractivity contribution in [1.82, 2.24) is 0 Å². The molecule has 1 heterocycles. The number of hydrogen-bond acceptors (Lipinski definition) is 4. The third-order valence-electron chi connectivity index (χ3n) is 5.11. The van der Waals surface area contributed by atoms with E-state index in [-0.39, 0.29) is 17.2 Å². The molecule has 0 bridgehead atoms. The largest absolute Gasteiger partial charge is 0.430 e. The van der Waals surface area contributed by atoms with Crippen LogP contribution in [0.25, 0.3) is 0 Å². The van der Waals surface area contributed by atoms with Crippen molar-refractivity contribution in [3.8, 4) is 0 Å². The molecule has 1 N–H and O–H groups in total. The Balaban J connectivity index is 1.89. The summed E-state index contributed by atoms with van der Waals surface area (Å²) < 4.78 is 102. The number of benzene rings is 2. The molecule has 0 amide bonds. The normalized spacial score (nSPS) is 15.4. The first kappa shape index (κ1) is 22.4. The van der Waals surface area contributed by atoms with Gasteiger partial charge in [0.05, 0.1) is 10.6 Å². The molecule has 1 aliphatic heterocycles. The van der Waals surface area contributed by atoms with Gasteiger partial charge in [-0.25, -0.2) is 8.42 Å². The molecule has 0 saturated heterocycles. The number of sulfone groups is 1. The van der Waals surface area contributed by atoms with Crippen molar-refractivity contribution in [2.24, 2.45) is 0 Å². The Bertz CT molecular complexity index is 1030. The standard InChI is InChI=1S/C19H17F6NO3S/c1-2-30(28,29)16-8-3-12-10-26(11-13(12)9-16)15-6-4-14(5-7-15)17(27,18(20,21)22)19(23,24)25/h3-9,27H,2,10-11H2,1H3. The molecule has 0 fully saturated rings. The third kappa shape index (κ3) is 3.64. The number of fused-ring (bicyclic) bond motifs is 1. The SMILES string of the molecule is CCS(=O)(=O)c1ccc2c(c1)CN(c1ccc(C(O)(C(F)(F)F)C(F)(F)F)cc1)C2. The van der Waals surface area contributed by atoms with Gasteiger partial charge in [-0.2, -0.15) is 26.3 Å². The lowest BCUT2D eigenvalue weighted by atomic mass is 9.92. The molecule has 164 valence electrons. The average Bonchev–Trinajstić information content (AvgIpc) is 3.09. The Kier molecular flexibility index (Phi) is 5.35. The van der Waals surface area contributed by atoms with Gasteiger partial charge in [0.15, 0.2) is 9.84 Å². The van der Waals surface area contributed by atoms with Crippen LogP contribution < -0.4 is 4.90 Å². The van der Waals surface area contributed by atoms with Gasteiger partial charge in [0, 0.05) is 24.3 Å². The molecule has 2 aromatic rings. The van der Waals surface area contributed by atoms with E-state index in [1.165, 1.54) is 19.1 Å². The van der Waals surface area contributed by atoms with Gasteiger partial charge in [-0.3, -0.25) is 0 Å². The number of hydrogen-bond donors (Lipinski definition) is 1. The molecule has 1 aliphatic rings. The Morgan fingerprint density at radius 3 is 1.93 bits per heavy atom. The van der Waals surface area contributed by atoms with Gasteiger partial charge < -0.3 is 10.0 Å². The maximum Gasteiger partial charge on any atom is 0.430 e. The highest BCUT2D eigenvalue weighted by Gasteiger charge is 2.71. The minimum absolute atomic E-state index is 0.0711. The van der Waals surface area contributed by atoms with E-state index >= 15 is 0 Å². The van der Waals surface area contributed by atoms with Crippen molar-refractivity contribution in [3.63, 3.8) is 0 Å². The van der Waals surface area contributed by atoms with Gasteiger partial charge in [-0.1, -0.05) is 25.1 Å². The van der Waals surface area contributed by atoms with Crippen molar-refractivity contribution < 1.29 is 39.9 Å². The Morgan fingerprint density at radius 1 is 0.900 bits per heavy atom. The van der Waals surface area contributed by atoms with Crippen LogP contribution in [0.5, 0.6) is 0 Å². The fraction of sp³-hybridized carbons (Fsp3) is 0.368. The summed E-state index contributed by atoms with van der Waals surface area (Å²) in [7, 11) is -3.41. The van der Waals surface area contributed by atoms with Crippen LogP contribution >= 0.6 is 0 Å². The molecule has 30 heavy (non-hydrogen) atoms. The quantitative estimate of drug-likeness (QED) is 0.701. The molecule has 0 saturated carbocycles. The minimum atomic E-state index is -5.95. The second-order valence-corrected chi connectivity index (χ2v) is 9.22. The van der Waals surface area contributed by atoms with Crippen LogP contribution in [0.15, 0.2) is 47.4 Å². The van der Waals surface area contributed by atoms with E-state index in [4.69, 9.17) is 0 Å². The van der Waals surface area contributed by atoms with Gasteiger partial charge in [0.25, 0.3) is 5.60 Å². The maximum absolute atomic E-state index is 13.0. The van der Waals surface area contributed by atoms with E-state index < -0.39 is 33.4 Å². The second kappa shape index (κ2) is 7.16. The van der Waals surface area contributed by atoms with Crippen LogP contribution in [-0.4, -0.2) is 31.6 Å². The van der Waals surface area contributed by atoms with Crippen molar-refractivity contribution in [2.45, 2.75) is 42.9 Å². The Labute approximate surface area is 168 Å². The molecule has 0 spiro atoms. The Morgan fingerprint density at radius 2 is 1.43 bits per heavy atom. The smallest absolute Gasteiger partial charge is 0.369 e. The number of anilines is 1. The Hall–Kier alpha value is -2.27. The van der Waals surface area contributed by atoms with E-state index in [1.54, 1.807) is 11.0 Å². The predicted octanol–water partition coefficient (Wildman–Crippen LogP) is 4.31. The van der Waals surface area contributed by atoms with E-state index in [9.17, 15) is 39.9 Å². The zero-order valence-corrected chi connectivity index (χ0v) is 16.4. The summed E-state index contributed by atoms with van der Waals surface area (Å²) in [5.74, 6) is -0.0711. The van der Waals surface area contributed by atoms with Crippen molar-refractivity contribution in [1.29, 1.82) is 0 Å². The number of halogens is 6. The molecule has 0 atom stereocenters. The number of nitrogens with zero attached hydrogens (tertiary/aromatic N) is 1. The minimum Gasteiger partial charge on any atom is -0.369 e. The highest BCUT2D eigenvalue weighted by atomic mass is 32.2. The molecule has 11 heteroatoms. The molecule has 0 unspecified atom stereocenters. The number of aliphatic hydroxyl groups is 1. The lowest BCUT2D eigenvalue weighted by Crippen LogP contribution is -2.53. The van der Waals surface area contributed by atoms with E-state index in [1.807, 2.05) is 0 Å². The first-order valence-electron chi connectivity index (χ1n) is 8.76. The fourth-order valence-corrected chi connectivity index (χ4v) is 4.25. The van der Waals surface area contributed by atoms with Gasteiger partial charge in [0.1, 0.15) is 0 Å². The van der Waals surface area contributed by atoms with Crippen molar-refractivity contribution in [2.75, 3.05) is 10.7 Å². The zero-order chi connectivity index (χ0) is 22.5. The molecule has 0 radical (unpaired) electrons. The van der Waals surface area contributed by atoms with Crippen LogP contribution in [0.1, 0.15) is 23.6 Å². The molecule has 0 aromatic heterocycles. The summed E-state index contributed by atoms with van der Waals surface area (Å²) in [5, 5.41) is 9.46. The van der Waals surface area contributed by atoms with Crippen LogP contribution in [0.3, 0.4) is 0 Å². The first-order valence-corrected chi connectivity index (χ1v) is 10.4.